The number of benzene rings is 1. The van der Waals surface area contributed by atoms with Gasteiger partial charge in [-0.2, -0.15) is 0 Å². The van der Waals surface area contributed by atoms with Gasteiger partial charge in [0.05, 0.1) is 16.6 Å². The number of ether oxygens (including phenoxy) is 3. The van der Waals surface area contributed by atoms with Crippen molar-refractivity contribution in [3.05, 3.63) is 24.5 Å². The molecule has 0 atom stereocenters. The minimum Gasteiger partial charge on any atom is -0.443 e. The molecule has 182 valence electrons. The lowest BCUT2D eigenvalue weighted by atomic mass is 10.2. The van der Waals surface area contributed by atoms with Crippen LogP contribution in [0.1, 0.15) is 48.5 Å². The summed E-state index contributed by atoms with van der Waals surface area (Å²) in [5, 5.41) is 6.14. The molecule has 3 aromatic rings. The zero-order valence-electron chi connectivity index (χ0n) is 20.3. The second-order valence-electron chi connectivity index (χ2n) is 9.45. The fraction of sp³-hybridized carbons (Fsp3) is 0.435. The van der Waals surface area contributed by atoms with Crippen LogP contribution in [0.5, 0.6) is 5.88 Å². The van der Waals surface area contributed by atoms with Gasteiger partial charge in [0.2, 0.25) is 5.88 Å². The molecule has 0 aliphatic heterocycles. The summed E-state index contributed by atoms with van der Waals surface area (Å²) in [5.41, 5.74) is -0.798. The summed E-state index contributed by atoms with van der Waals surface area (Å²) in [6.07, 6.45) is -0.513. The van der Waals surface area contributed by atoms with Crippen molar-refractivity contribution < 1.29 is 28.6 Å². The van der Waals surface area contributed by atoms with E-state index < -0.39 is 29.5 Å². The van der Waals surface area contributed by atoms with E-state index >= 15 is 0 Å². The summed E-state index contributed by atoms with van der Waals surface area (Å²) in [7, 11) is 0. The van der Waals surface area contributed by atoms with Gasteiger partial charge in [-0.05, 0) is 54.5 Å². The Hall–Kier alpha value is -3.89. The lowest BCUT2D eigenvalue weighted by Crippen LogP contribution is -2.29. The predicted molar refractivity (Wildman–Crippen MR) is 126 cm³/mol. The van der Waals surface area contributed by atoms with Crippen molar-refractivity contribution in [1.29, 1.82) is 0 Å². The predicted octanol–water partition coefficient (Wildman–Crippen LogP) is 4.82. The van der Waals surface area contributed by atoms with Gasteiger partial charge in [-0.3, -0.25) is 0 Å². The van der Waals surface area contributed by atoms with Crippen molar-refractivity contribution in [3.8, 4) is 5.88 Å². The third-order valence-electron chi connectivity index (χ3n) is 4.26. The normalized spacial score (nSPS) is 11.9. The molecule has 0 fully saturated rings. The van der Waals surface area contributed by atoms with E-state index in [9.17, 15) is 14.4 Å². The Bertz CT molecular complexity index is 1250. The molecule has 34 heavy (non-hydrogen) atoms. The van der Waals surface area contributed by atoms with E-state index in [2.05, 4.69) is 20.6 Å². The molecule has 2 heterocycles. The van der Waals surface area contributed by atoms with Crippen LogP contribution in [-0.2, 0) is 9.47 Å². The van der Waals surface area contributed by atoms with Crippen LogP contribution < -0.4 is 15.4 Å². The number of fused-ring (bicyclic) bond motifs is 3. The number of aromatic nitrogens is 3. The SMILES string of the molecule is CCNC(=O)Nc1cccc2c3c(OC(=O)OC(C)(C)C)ncnc3n(C(=O)OC(C)(C)C)c12. The lowest BCUT2D eigenvalue weighted by Gasteiger charge is -2.20. The van der Waals surface area contributed by atoms with Gasteiger partial charge in [0.25, 0.3) is 0 Å². The molecule has 0 spiro atoms. The van der Waals surface area contributed by atoms with Gasteiger partial charge in [0.1, 0.15) is 17.5 Å². The van der Waals surface area contributed by atoms with Crippen LogP contribution in [0.25, 0.3) is 21.9 Å². The van der Waals surface area contributed by atoms with Gasteiger partial charge >= 0.3 is 18.3 Å². The van der Waals surface area contributed by atoms with Crippen LogP contribution in [0.2, 0.25) is 0 Å². The monoisotopic (exact) mass is 471 g/mol. The highest BCUT2D eigenvalue weighted by atomic mass is 16.7. The number of anilines is 1. The highest BCUT2D eigenvalue weighted by molar-refractivity contribution is 6.18. The van der Waals surface area contributed by atoms with E-state index in [1.807, 2.05) is 0 Å². The zero-order valence-corrected chi connectivity index (χ0v) is 20.3. The minimum absolute atomic E-state index is 0.0956. The summed E-state index contributed by atoms with van der Waals surface area (Å²) < 4.78 is 17.4. The van der Waals surface area contributed by atoms with Crippen LogP contribution in [0.15, 0.2) is 24.5 Å². The number of para-hydroxylation sites is 1. The molecular formula is C23H29N5O6. The Morgan fingerprint density at radius 1 is 1.00 bits per heavy atom. The van der Waals surface area contributed by atoms with Gasteiger partial charge in [-0.1, -0.05) is 12.1 Å². The largest absolute Gasteiger partial charge is 0.515 e. The van der Waals surface area contributed by atoms with Crippen molar-refractivity contribution in [2.45, 2.75) is 59.7 Å². The third-order valence-corrected chi connectivity index (χ3v) is 4.26. The zero-order chi connectivity index (χ0) is 25.3. The highest BCUT2D eigenvalue weighted by Gasteiger charge is 2.28. The number of urea groups is 1. The number of hydrogen-bond donors (Lipinski definition) is 2. The number of rotatable bonds is 3. The lowest BCUT2D eigenvalue weighted by molar-refractivity contribution is 0.0200. The fourth-order valence-corrected chi connectivity index (χ4v) is 3.20. The molecule has 0 aliphatic rings. The standard InChI is InChI=1S/C23H29N5O6/c1-8-24-19(29)27-14-11-9-10-13-15-17(28(16(13)14)20(30)33-22(2,3)4)25-12-26-18(15)32-21(31)34-23(5,6)7/h9-12H,8H2,1-7H3,(H2,24,27,29). The molecule has 1 aromatic carbocycles. The van der Waals surface area contributed by atoms with Crippen molar-refractivity contribution in [1.82, 2.24) is 19.9 Å². The molecule has 0 aliphatic carbocycles. The smallest absolute Gasteiger partial charge is 0.443 e. The topological polar surface area (TPSA) is 134 Å². The first kappa shape index (κ1) is 24.7. The number of carbonyl (C=O) groups excluding carboxylic acids is 3. The highest BCUT2D eigenvalue weighted by Crippen LogP contribution is 2.37. The van der Waals surface area contributed by atoms with E-state index in [0.29, 0.717) is 23.1 Å². The first-order valence-electron chi connectivity index (χ1n) is 10.8. The average Bonchev–Trinajstić information content (AvgIpc) is 3.02. The number of nitrogens with zero attached hydrogens (tertiary/aromatic N) is 3. The van der Waals surface area contributed by atoms with Gasteiger partial charge in [0, 0.05) is 11.9 Å². The first-order valence-corrected chi connectivity index (χ1v) is 10.8. The van der Waals surface area contributed by atoms with Crippen LogP contribution in [0, 0.1) is 0 Å². The van der Waals surface area contributed by atoms with E-state index in [-0.39, 0.29) is 16.9 Å². The summed E-state index contributed by atoms with van der Waals surface area (Å²) >= 11 is 0. The number of carbonyl (C=O) groups is 3. The Morgan fingerprint density at radius 3 is 2.29 bits per heavy atom. The van der Waals surface area contributed by atoms with Crippen molar-refractivity contribution in [2.24, 2.45) is 0 Å². The summed E-state index contributed by atoms with van der Waals surface area (Å²) in [6.45, 7) is 12.5. The number of nitrogens with one attached hydrogen (secondary N) is 2. The molecule has 0 saturated carbocycles. The maximum absolute atomic E-state index is 13.3. The maximum atomic E-state index is 13.3. The van der Waals surface area contributed by atoms with Crippen molar-refractivity contribution >= 4 is 45.9 Å². The van der Waals surface area contributed by atoms with Gasteiger partial charge in [-0.15, -0.1) is 0 Å². The third kappa shape index (κ3) is 5.53. The molecule has 11 heteroatoms. The molecular weight excluding hydrogens is 442 g/mol. The molecule has 3 rings (SSSR count). The Labute approximate surface area is 196 Å². The number of hydrogen-bond acceptors (Lipinski definition) is 8. The van der Waals surface area contributed by atoms with E-state index in [0.717, 1.165) is 0 Å². The number of amides is 2. The van der Waals surface area contributed by atoms with Crippen LogP contribution in [-0.4, -0.2) is 50.6 Å². The van der Waals surface area contributed by atoms with Gasteiger partial charge < -0.3 is 24.8 Å². The van der Waals surface area contributed by atoms with E-state index in [4.69, 9.17) is 14.2 Å². The van der Waals surface area contributed by atoms with Gasteiger partial charge in [0.15, 0.2) is 5.65 Å². The van der Waals surface area contributed by atoms with Crippen LogP contribution in [0.4, 0.5) is 20.1 Å². The molecule has 0 bridgehead atoms. The molecule has 11 nitrogen and oxygen atoms in total. The summed E-state index contributed by atoms with van der Waals surface area (Å²) in [5.74, 6) is -0.0956. The fourth-order valence-electron chi connectivity index (χ4n) is 3.20. The van der Waals surface area contributed by atoms with Crippen molar-refractivity contribution in [2.75, 3.05) is 11.9 Å². The van der Waals surface area contributed by atoms with E-state index in [1.54, 1.807) is 66.7 Å². The first-order chi connectivity index (χ1) is 15.8. The second-order valence-corrected chi connectivity index (χ2v) is 9.45. The van der Waals surface area contributed by atoms with Gasteiger partial charge in [-0.25, -0.2) is 28.9 Å². The average molecular weight is 472 g/mol. The van der Waals surface area contributed by atoms with E-state index in [1.165, 1.54) is 10.9 Å². The Balaban J connectivity index is 2.26. The molecule has 2 N–H and O–H groups in total. The molecule has 2 amide bonds. The molecule has 0 saturated heterocycles. The maximum Gasteiger partial charge on any atom is 0.515 e. The van der Waals surface area contributed by atoms with Crippen LogP contribution in [0.3, 0.4) is 0 Å². The second kappa shape index (κ2) is 9.16. The molecule has 2 aromatic heterocycles. The Morgan fingerprint density at radius 2 is 1.68 bits per heavy atom. The van der Waals surface area contributed by atoms with Crippen molar-refractivity contribution in [3.63, 3.8) is 0 Å². The molecule has 0 unspecified atom stereocenters. The Kier molecular flexibility index (Phi) is 6.67. The minimum atomic E-state index is -0.956. The summed E-state index contributed by atoms with van der Waals surface area (Å²) in [4.78, 5) is 46.2. The summed E-state index contributed by atoms with van der Waals surface area (Å²) in [6, 6.07) is 4.58. The quantitative estimate of drug-likeness (QED) is 0.519. The molecule has 0 radical (unpaired) electrons. The van der Waals surface area contributed by atoms with Crippen LogP contribution >= 0.6 is 0 Å².